The molecule has 0 aliphatic rings. The summed E-state index contributed by atoms with van der Waals surface area (Å²) in [4.78, 5) is 23.7. The number of nitrogens with one attached hydrogen (secondary N) is 2. The number of carbonyl (C=O) groups excluding carboxylic acids is 2. The monoisotopic (exact) mass is 378 g/mol. The Morgan fingerprint density at radius 1 is 0.885 bits per heavy atom. The molecular formula is C18H19ClN2O5. The molecule has 0 unspecified atom stereocenters. The number of benzene rings is 2. The molecule has 2 amide bonds. The highest BCUT2D eigenvalue weighted by molar-refractivity contribution is 6.30. The fraction of sp³-hybridized carbons (Fsp3) is 0.222. The Hall–Kier alpha value is -2.77. The fourth-order valence-corrected chi connectivity index (χ4v) is 1.99. The lowest BCUT2D eigenvalue weighted by Crippen LogP contribution is -2.43. The van der Waals surface area contributed by atoms with Crippen molar-refractivity contribution in [1.29, 1.82) is 0 Å². The third kappa shape index (κ3) is 6.62. The van der Waals surface area contributed by atoms with Crippen molar-refractivity contribution >= 4 is 23.4 Å². The Bertz CT molecular complexity index is 719. The van der Waals surface area contributed by atoms with Gasteiger partial charge in [-0.3, -0.25) is 20.4 Å². The van der Waals surface area contributed by atoms with Crippen LogP contribution in [0.3, 0.4) is 0 Å². The van der Waals surface area contributed by atoms with Crippen LogP contribution in [-0.4, -0.2) is 38.7 Å². The van der Waals surface area contributed by atoms with Gasteiger partial charge >= 0.3 is 0 Å². The van der Waals surface area contributed by atoms with E-state index in [0.29, 0.717) is 35.3 Å². The quantitative estimate of drug-likeness (QED) is 0.543. The first kappa shape index (κ1) is 19.6. The maximum Gasteiger partial charge on any atom is 0.276 e. The van der Waals surface area contributed by atoms with Crippen molar-refractivity contribution < 1.29 is 23.8 Å². The Balaban J connectivity index is 1.73. The highest BCUT2D eigenvalue weighted by atomic mass is 35.5. The van der Waals surface area contributed by atoms with E-state index in [0.717, 1.165) is 0 Å². The van der Waals surface area contributed by atoms with E-state index in [4.69, 9.17) is 25.8 Å². The second-order valence-corrected chi connectivity index (χ2v) is 5.55. The summed E-state index contributed by atoms with van der Waals surface area (Å²) in [5.41, 5.74) is 4.97. The van der Waals surface area contributed by atoms with E-state index in [9.17, 15) is 9.59 Å². The Morgan fingerprint density at radius 3 is 2.15 bits per heavy atom. The fourth-order valence-electron chi connectivity index (χ4n) is 1.86. The molecular weight excluding hydrogens is 360 g/mol. The predicted octanol–water partition coefficient (Wildman–Crippen LogP) is 2.21. The standard InChI is InChI=1S/C18H19ClN2O5/c1-24-10-11-25-15-6-2-13(3-7-15)18(23)21-20-17(22)12-26-16-8-4-14(19)5-9-16/h2-9H,10-12H2,1H3,(H,20,22)(H,21,23). The van der Waals surface area contributed by atoms with E-state index in [1.165, 1.54) is 0 Å². The summed E-state index contributed by atoms with van der Waals surface area (Å²) in [6.07, 6.45) is 0. The van der Waals surface area contributed by atoms with Crippen LogP contribution in [-0.2, 0) is 9.53 Å². The maximum atomic E-state index is 12.0. The molecule has 2 aromatic rings. The average Bonchev–Trinajstić information content (AvgIpc) is 2.66. The van der Waals surface area contributed by atoms with Crippen molar-refractivity contribution in [3.8, 4) is 11.5 Å². The minimum atomic E-state index is -0.493. The minimum Gasteiger partial charge on any atom is -0.491 e. The van der Waals surface area contributed by atoms with Crippen molar-refractivity contribution in [2.75, 3.05) is 26.9 Å². The largest absolute Gasteiger partial charge is 0.491 e. The number of hydrogen-bond acceptors (Lipinski definition) is 5. The van der Waals surface area contributed by atoms with Crippen LogP contribution in [0.15, 0.2) is 48.5 Å². The first-order valence-corrected chi connectivity index (χ1v) is 8.15. The Kier molecular flexibility index (Phi) is 7.73. The summed E-state index contributed by atoms with van der Waals surface area (Å²) < 4.78 is 15.6. The number of rotatable bonds is 8. The van der Waals surface area contributed by atoms with Crippen molar-refractivity contribution in [1.82, 2.24) is 10.9 Å². The molecule has 0 atom stereocenters. The zero-order valence-corrected chi connectivity index (χ0v) is 14.9. The molecule has 0 spiro atoms. The highest BCUT2D eigenvalue weighted by Crippen LogP contribution is 2.15. The van der Waals surface area contributed by atoms with Gasteiger partial charge in [0.15, 0.2) is 6.61 Å². The lowest BCUT2D eigenvalue weighted by molar-refractivity contribution is -0.123. The number of carbonyl (C=O) groups is 2. The highest BCUT2D eigenvalue weighted by Gasteiger charge is 2.08. The smallest absolute Gasteiger partial charge is 0.276 e. The SMILES string of the molecule is COCCOc1ccc(C(=O)NNC(=O)COc2ccc(Cl)cc2)cc1. The lowest BCUT2D eigenvalue weighted by Gasteiger charge is -2.09. The predicted molar refractivity (Wildman–Crippen MR) is 96.4 cm³/mol. The van der Waals surface area contributed by atoms with Crippen LogP contribution in [0, 0.1) is 0 Å². The average molecular weight is 379 g/mol. The van der Waals surface area contributed by atoms with Gasteiger partial charge in [0.05, 0.1) is 6.61 Å². The summed E-state index contributed by atoms with van der Waals surface area (Å²) in [7, 11) is 1.59. The summed E-state index contributed by atoms with van der Waals surface area (Å²) in [5.74, 6) is 0.181. The van der Waals surface area contributed by atoms with Crippen molar-refractivity contribution in [3.05, 3.63) is 59.1 Å². The van der Waals surface area contributed by atoms with Crippen LogP contribution >= 0.6 is 11.6 Å². The Labute approximate surface area is 156 Å². The number of ether oxygens (including phenoxy) is 3. The van der Waals surface area contributed by atoms with Gasteiger partial charge in [0, 0.05) is 17.7 Å². The molecule has 0 aliphatic heterocycles. The molecule has 0 aliphatic carbocycles. The van der Waals surface area contributed by atoms with E-state index < -0.39 is 11.8 Å². The first-order valence-electron chi connectivity index (χ1n) is 7.78. The van der Waals surface area contributed by atoms with Crippen LogP contribution in [0.4, 0.5) is 0 Å². The van der Waals surface area contributed by atoms with Gasteiger partial charge in [-0.05, 0) is 48.5 Å². The molecule has 26 heavy (non-hydrogen) atoms. The molecule has 7 nitrogen and oxygen atoms in total. The van der Waals surface area contributed by atoms with Crippen LogP contribution in [0.5, 0.6) is 11.5 Å². The molecule has 0 saturated heterocycles. The molecule has 8 heteroatoms. The zero-order chi connectivity index (χ0) is 18.8. The summed E-state index contributed by atoms with van der Waals surface area (Å²) in [5, 5.41) is 0.573. The van der Waals surface area contributed by atoms with Gasteiger partial charge in [-0.2, -0.15) is 0 Å². The number of hydrogen-bond donors (Lipinski definition) is 2. The van der Waals surface area contributed by atoms with E-state index >= 15 is 0 Å². The molecule has 0 fully saturated rings. The number of amides is 2. The summed E-state index contributed by atoms with van der Waals surface area (Å²) in [6.45, 7) is 0.659. The molecule has 2 aromatic carbocycles. The topological polar surface area (TPSA) is 85.9 Å². The lowest BCUT2D eigenvalue weighted by atomic mass is 10.2. The van der Waals surface area contributed by atoms with Crippen LogP contribution in [0.2, 0.25) is 5.02 Å². The van der Waals surface area contributed by atoms with Gasteiger partial charge in [0.1, 0.15) is 18.1 Å². The van der Waals surface area contributed by atoms with E-state index in [1.807, 2.05) is 0 Å². The molecule has 0 aromatic heterocycles. The summed E-state index contributed by atoms with van der Waals surface area (Å²) in [6, 6.07) is 13.1. The third-order valence-corrected chi connectivity index (χ3v) is 3.42. The van der Waals surface area contributed by atoms with Gasteiger partial charge < -0.3 is 14.2 Å². The molecule has 0 bridgehead atoms. The molecule has 2 N–H and O–H groups in total. The summed E-state index contributed by atoms with van der Waals surface area (Å²) >= 11 is 5.76. The molecule has 138 valence electrons. The van der Waals surface area contributed by atoms with E-state index in [1.54, 1.807) is 55.6 Å². The molecule has 0 radical (unpaired) electrons. The van der Waals surface area contributed by atoms with Crippen LogP contribution in [0.1, 0.15) is 10.4 Å². The first-order chi connectivity index (χ1) is 12.6. The van der Waals surface area contributed by atoms with Crippen LogP contribution < -0.4 is 20.3 Å². The van der Waals surface area contributed by atoms with Gasteiger partial charge in [-0.1, -0.05) is 11.6 Å². The van der Waals surface area contributed by atoms with Crippen molar-refractivity contribution in [2.45, 2.75) is 0 Å². The number of methoxy groups -OCH3 is 1. The molecule has 0 saturated carbocycles. The second kappa shape index (κ2) is 10.3. The molecule has 2 rings (SSSR count). The Morgan fingerprint density at radius 2 is 1.50 bits per heavy atom. The normalized spacial score (nSPS) is 10.1. The van der Waals surface area contributed by atoms with Crippen LogP contribution in [0.25, 0.3) is 0 Å². The van der Waals surface area contributed by atoms with Gasteiger partial charge in [-0.15, -0.1) is 0 Å². The van der Waals surface area contributed by atoms with E-state index in [2.05, 4.69) is 10.9 Å². The third-order valence-electron chi connectivity index (χ3n) is 3.17. The van der Waals surface area contributed by atoms with Crippen molar-refractivity contribution in [3.63, 3.8) is 0 Å². The van der Waals surface area contributed by atoms with Crippen molar-refractivity contribution in [2.24, 2.45) is 0 Å². The van der Waals surface area contributed by atoms with E-state index in [-0.39, 0.29) is 6.61 Å². The zero-order valence-electron chi connectivity index (χ0n) is 14.2. The maximum absolute atomic E-state index is 12.0. The second-order valence-electron chi connectivity index (χ2n) is 5.11. The number of halogens is 1. The molecule has 0 heterocycles. The minimum absolute atomic E-state index is 0.242. The number of hydrazine groups is 1. The van der Waals surface area contributed by atoms with Gasteiger partial charge in [0.25, 0.3) is 11.8 Å². The van der Waals surface area contributed by atoms with Gasteiger partial charge in [-0.25, -0.2) is 0 Å². The van der Waals surface area contributed by atoms with Gasteiger partial charge in [0.2, 0.25) is 0 Å².